The Hall–Kier alpha value is -0.970. The second kappa shape index (κ2) is 6.42. The molecule has 0 aromatic heterocycles. The lowest BCUT2D eigenvalue weighted by atomic mass is 10.2. The summed E-state index contributed by atoms with van der Waals surface area (Å²) in [6.45, 7) is 6.91. The number of amides is 2. The fraction of sp³-hybridized carbons (Fsp3) is 0.867. The maximum atomic E-state index is 12.3. The van der Waals surface area contributed by atoms with Crippen molar-refractivity contribution < 1.29 is 14.3 Å². The van der Waals surface area contributed by atoms with Gasteiger partial charge in [-0.3, -0.25) is 4.79 Å². The van der Waals surface area contributed by atoms with Crippen molar-refractivity contribution in [3.05, 3.63) is 0 Å². The minimum Gasteiger partial charge on any atom is -0.444 e. The molecule has 0 aromatic rings. The zero-order chi connectivity index (χ0) is 15.6. The topological polar surface area (TPSA) is 49.9 Å². The standard InChI is InChI=1S/C15H25ClN2O3/c1-15(2,3)21-14(20)18(11-6-7-11)10-12-5-4-8-17(12)13(19)9-16/h11-12H,4-10H2,1-3H3/t12-/m0/s1. The maximum absolute atomic E-state index is 12.3. The molecule has 0 radical (unpaired) electrons. The van der Waals surface area contributed by atoms with Gasteiger partial charge in [0.25, 0.3) is 0 Å². The molecule has 0 unspecified atom stereocenters. The molecule has 1 atom stereocenters. The molecule has 0 aromatic carbocycles. The lowest BCUT2D eigenvalue weighted by Gasteiger charge is -2.32. The van der Waals surface area contributed by atoms with Crippen LogP contribution in [0.15, 0.2) is 0 Å². The second-order valence-electron chi connectivity index (χ2n) is 6.88. The highest BCUT2D eigenvalue weighted by Gasteiger charge is 2.39. The Morgan fingerprint density at radius 2 is 1.95 bits per heavy atom. The van der Waals surface area contributed by atoms with Crippen LogP contribution in [0, 0.1) is 0 Å². The van der Waals surface area contributed by atoms with Gasteiger partial charge in [-0.05, 0) is 46.5 Å². The molecule has 2 amide bonds. The fourth-order valence-electron chi connectivity index (χ4n) is 2.74. The second-order valence-corrected chi connectivity index (χ2v) is 7.15. The number of halogens is 1. The maximum Gasteiger partial charge on any atom is 0.410 e. The molecule has 5 nitrogen and oxygen atoms in total. The van der Waals surface area contributed by atoms with Crippen LogP contribution < -0.4 is 0 Å². The first-order valence-corrected chi connectivity index (χ1v) is 8.20. The van der Waals surface area contributed by atoms with Crippen molar-refractivity contribution in [1.29, 1.82) is 0 Å². The molecule has 1 aliphatic heterocycles. The summed E-state index contributed by atoms with van der Waals surface area (Å²) in [5.41, 5.74) is -0.494. The molecule has 0 N–H and O–H groups in total. The van der Waals surface area contributed by atoms with Crippen molar-refractivity contribution >= 4 is 23.6 Å². The number of hydrogen-bond donors (Lipinski definition) is 0. The van der Waals surface area contributed by atoms with Crippen molar-refractivity contribution in [2.75, 3.05) is 19.0 Å². The van der Waals surface area contributed by atoms with Gasteiger partial charge in [0.1, 0.15) is 11.5 Å². The zero-order valence-electron chi connectivity index (χ0n) is 13.1. The lowest BCUT2D eigenvalue weighted by Crippen LogP contribution is -2.47. The van der Waals surface area contributed by atoms with Gasteiger partial charge in [-0.25, -0.2) is 4.79 Å². The van der Waals surface area contributed by atoms with Crippen LogP contribution in [0.3, 0.4) is 0 Å². The summed E-state index contributed by atoms with van der Waals surface area (Å²) in [5.74, 6) is -0.0362. The largest absolute Gasteiger partial charge is 0.444 e. The lowest BCUT2D eigenvalue weighted by molar-refractivity contribution is -0.129. The summed E-state index contributed by atoms with van der Waals surface area (Å²) in [4.78, 5) is 27.8. The molecule has 1 heterocycles. The van der Waals surface area contributed by atoms with Crippen LogP contribution in [-0.4, -0.2) is 58.5 Å². The molecule has 1 saturated heterocycles. The van der Waals surface area contributed by atoms with Gasteiger partial charge in [-0.1, -0.05) is 0 Å². The van der Waals surface area contributed by atoms with E-state index in [0.29, 0.717) is 6.54 Å². The number of rotatable bonds is 4. The van der Waals surface area contributed by atoms with E-state index in [1.165, 1.54) is 0 Å². The van der Waals surface area contributed by atoms with Crippen LogP contribution in [0.4, 0.5) is 4.79 Å². The van der Waals surface area contributed by atoms with E-state index in [2.05, 4.69) is 0 Å². The molecule has 6 heteroatoms. The normalized spacial score (nSPS) is 22.3. The summed E-state index contributed by atoms with van der Waals surface area (Å²) < 4.78 is 5.49. The summed E-state index contributed by atoms with van der Waals surface area (Å²) in [6, 6.07) is 0.345. The number of alkyl halides is 1. The Morgan fingerprint density at radius 3 is 2.48 bits per heavy atom. The van der Waals surface area contributed by atoms with E-state index in [0.717, 1.165) is 32.2 Å². The Morgan fingerprint density at radius 1 is 1.29 bits per heavy atom. The molecule has 0 spiro atoms. The summed E-state index contributed by atoms with van der Waals surface area (Å²) >= 11 is 5.66. The Kier molecular flexibility index (Phi) is 5.02. The van der Waals surface area contributed by atoms with Crippen LogP contribution in [0.2, 0.25) is 0 Å². The highest BCUT2D eigenvalue weighted by molar-refractivity contribution is 6.27. The van der Waals surface area contributed by atoms with Gasteiger partial charge in [0.05, 0.1) is 0 Å². The van der Waals surface area contributed by atoms with Crippen LogP contribution in [-0.2, 0) is 9.53 Å². The third-order valence-electron chi connectivity index (χ3n) is 3.83. The summed E-state index contributed by atoms with van der Waals surface area (Å²) in [7, 11) is 0. The molecule has 0 bridgehead atoms. The number of carbonyl (C=O) groups is 2. The number of hydrogen-bond acceptors (Lipinski definition) is 3. The first-order chi connectivity index (χ1) is 9.81. The third kappa shape index (κ3) is 4.50. The highest BCUT2D eigenvalue weighted by Crippen LogP contribution is 2.30. The van der Waals surface area contributed by atoms with Crippen LogP contribution >= 0.6 is 11.6 Å². The number of likely N-dealkylation sites (tertiary alicyclic amines) is 1. The van der Waals surface area contributed by atoms with Gasteiger partial charge < -0.3 is 14.5 Å². The van der Waals surface area contributed by atoms with Crippen molar-refractivity contribution in [3.63, 3.8) is 0 Å². The average molecular weight is 317 g/mol. The zero-order valence-corrected chi connectivity index (χ0v) is 13.9. The van der Waals surface area contributed by atoms with Gasteiger partial charge in [0, 0.05) is 25.2 Å². The van der Waals surface area contributed by atoms with Crippen molar-refractivity contribution in [1.82, 2.24) is 9.80 Å². The third-order valence-corrected chi connectivity index (χ3v) is 4.06. The Labute approximate surface area is 131 Å². The highest BCUT2D eigenvalue weighted by atomic mass is 35.5. The number of ether oxygens (including phenoxy) is 1. The van der Waals surface area contributed by atoms with E-state index in [9.17, 15) is 9.59 Å². The van der Waals surface area contributed by atoms with Crippen LogP contribution in [0.1, 0.15) is 46.5 Å². The molecule has 1 aliphatic carbocycles. The first-order valence-electron chi connectivity index (χ1n) is 7.67. The predicted molar refractivity (Wildman–Crippen MR) is 81.4 cm³/mol. The van der Waals surface area contributed by atoms with Gasteiger partial charge in [0.2, 0.25) is 5.91 Å². The van der Waals surface area contributed by atoms with Crippen molar-refractivity contribution in [3.8, 4) is 0 Å². The summed E-state index contributed by atoms with van der Waals surface area (Å²) in [6.07, 6.45) is 3.68. The minimum atomic E-state index is -0.494. The molecular weight excluding hydrogens is 292 g/mol. The molecule has 2 fully saturated rings. The molecule has 2 aliphatic rings. The van der Waals surface area contributed by atoms with Crippen LogP contribution in [0.25, 0.3) is 0 Å². The monoisotopic (exact) mass is 316 g/mol. The number of nitrogens with zero attached hydrogens (tertiary/aromatic N) is 2. The van der Waals surface area contributed by atoms with E-state index < -0.39 is 5.60 Å². The molecule has 1 saturated carbocycles. The van der Waals surface area contributed by atoms with E-state index in [1.54, 1.807) is 4.90 Å². The Bertz CT molecular complexity index is 404. The SMILES string of the molecule is CC(C)(C)OC(=O)N(C[C@@H]1CCCN1C(=O)CCl)C1CC1. The summed E-state index contributed by atoms with van der Waals surface area (Å²) in [5, 5.41) is 0. The van der Waals surface area contributed by atoms with Crippen LogP contribution in [0.5, 0.6) is 0 Å². The van der Waals surface area contributed by atoms with E-state index in [4.69, 9.17) is 16.3 Å². The quantitative estimate of drug-likeness (QED) is 0.749. The molecule has 21 heavy (non-hydrogen) atoms. The van der Waals surface area contributed by atoms with Crippen molar-refractivity contribution in [2.45, 2.75) is 64.1 Å². The van der Waals surface area contributed by atoms with E-state index in [1.807, 2.05) is 25.7 Å². The Balaban J connectivity index is 1.99. The minimum absolute atomic E-state index is 0.00632. The van der Waals surface area contributed by atoms with Gasteiger partial charge >= 0.3 is 6.09 Å². The number of carbonyl (C=O) groups excluding carboxylic acids is 2. The molecule has 120 valence electrons. The van der Waals surface area contributed by atoms with E-state index >= 15 is 0 Å². The van der Waals surface area contributed by atoms with Crippen molar-refractivity contribution in [2.24, 2.45) is 0 Å². The van der Waals surface area contributed by atoms with Gasteiger partial charge in [-0.2, -0.15) is 0 Å². The fourth-order valence-corrected chi connectivity index (χ4v) is 2.89. The van der Waals surface area contributed by atoms with Gasteiger partial charge in [-0.15, -0.1) is 11.6 Å². The van der Waals surface area contributed by atoms with E-state index in [-0.39, 0.29) is 30.0 Å². The first kappa shape index (κ1) is 16.4. The average Bonchev–Trinajstić information content (AvgIpc) is 3.11. The molecule has 2 rings (SSSR count). The van der Waals surface area contributed by atoms with Gasteiger partial charge in [0.15, 0.2) is 0 Å². The molecular formula is C15H25ClN2O3. The predicted octanol–water partition coefficient (Wildman–Crippen LogP) is 2.62. The smallest absolute Gasteiger partial charge is 0.410 e.